The van der Waals surface area contributed by atoms with E-state index in [4.69, 9.17) is 0 Å². The molecule has 2 heterocycles. The number of amides is 2. The van der Waals surface area contributed by atoms with Crippen molar-refractivity contribution < 1.29 is 9.59 Å². The van der Waals surface area contributed by atoms with Crippen LogP contribution in [0.25, 0.3) is 10.2 Å². The van der Waals surface area contributed by atoms with Gasteiger partial charge in [-0.05, 0) is 49.6 Å². The van der Waals surface area contributed by atoms with Gasteiger partial charge in [-0.2, -0.15) is 0 Å². The van der Waals surface area contributed by atoms with Gasteiger partial charge in [0.25, 0.3) is 5.91 Å². The second kappa shape index (κ2) is 6.88. The standard InChI is InChI=1S/C20H19N3O2S/c1-13-9-10-14(12-16(13)23-11-5-4-8-18(23)24)21-19(25)20-22-15-6-2-3-7-17(15)26-20/h2-3,6-7,9-10,12H,4-5,8,11H2,1H3,(H,21,25). The number of aryl methyl sites for hydroxylation is 1. The van der Waals surface area contributed by atoms with Crippen LogP contribution in [0.1, 0.15) is 34.6 Å². The molecule has 0 aliphatic carbocycles. The summed E-state index contributed by atoms with van der Waals surface area (Å²) in [6.07, 6.45) is 2.54. The maximum atomic E-state index is 12.6. The zero-order valence-corrected chi connectivity index (χ0v) is 15.3. The van der Waals surface area contributed by atoms with E-state index in [9.17, 15) is 9.59 Å². The van der Waals surface area contributed by atoms with Crippen molar-refractivity contribution in [3.05, 3.63) is 53.0 Å². The zero-order chi connectivity index (χ0) is 18.1. The Morgan fingerprint density at radius 1 is 1.19 bits per heavy atom. The molecule has 2 aromatic carbocycles. The molecule has 1 aliphatic rings. The van der Waals surface area contributed by atoms with E-state index in [-0.39, 0.29) is 11.8 Å². The molecule has 5 nitrogen and oxygen atoms in total. The van der Waals surface area contributed by atoms with Gasteiger partial charge < -0.3 is 10.2 Å². The Balaban J connectivity index is 1.58. The van der Waals surface area contributed by atoms with Gasteiger partial charge in [0.2, 0.25) is 5.91 Å². The van der Waals surface area contributed by atoms with Crippen molar-refractivity contribution >= 4 is 44.7 Å². The smallest absolute Gasteiger partial charge is 0.284 e. The fourth-order valence-corrected chi connectivity index (χ4v) is 4.05. The predicted molar refractivity (Wildman–Crippen MR) is 105 cm³/mol. The van der Waals surface area contributed by atoms with Gasteiger partial charge in [-0.15, -0.1) is 11.3 Å². The minimum atomic E-state index is -0.231. The highest BCUT2D eigenvalue weighted by Gasteiger charge is 2.21. The Bertz CT molecular complexity index is 963. The largest absolute Gasteiger partial charge is 0.320 e. The van der Waals surface area contributed by atoms with Crippen LogP contribution in [-0.4, -0.2) is 23.3 Å². The number of anilines is 2. The lowest BCUT2D eigenvalue weighted by molar-refractivity contribution is -0.119. The Hall–Kier alpha value is -2.73. The summed E-state index contributed by atoms with van der Waals surface area (Å²) in [5.74, 6) is -0.0834. The van der Waals surface area contributed by atoms with Gasteiger partial charge in [-0.1, -0.05) is 18.2 Å². The molecule has 0 unspecified atom stereocenters. The van der Waals surface area contributed by atoms with E-state index in [1.165, 1.54) is 11.3 Å². The average Bonchev–Trinajstić information content (AvgIpc) is 3.08. The van der Waals surface area contributed by atoms with E-state index in [0.29, 0.717) is 17.1 Å². The number of aromatic nitrogens is 1. The first-order valence-corrected chi connectivity index (χ1v) is 9.51. The maximum absolute atomic E-state index is 12.6. The molecule has 3 aromatic rings. The number of piperidine rings is 1. The summed E-state index contributed by atoms with van der Waals surface area (Å²) in [4.78, 5) is 31.0. The fraction of sp³-hybridized carbons (Fsp3) is 0.250. The number of para-hydroxylation sites is 1. The maximum Gasteiger partial charge on any atom is 0.284 e. The Morgan fingerprint density at radius 3 is 2.85 bits per heavy atom. The molecule has 1 aliphatic heterocycles. The molecule has 1 N–H and O–H groups in total. The van der Waals surface area contributed by atoms with E-state index in [2.05, 4.69) is 10.3 Å². The second-order valence-electron chi connectivity index (χ2n) is 6.44. The van der Waals surface area contributed by atoms with E-state index >= 15 is 0 Å². The van der Waals surface area contributed by atoms with Crippen molar-refractivity contribution in [2.75, 3.05) is 16.8 Å². The van der Waals surface area contributed by atoms with Crippen LogP contribution >= 0.6 is 11.3 Å². The van der Waals surface area contributed by atoms with Crippen molar-refractivity contribution in [2.24, 2.45) is 0 Å². The number of rotatable bonds is 3. The minimum absolute atomic E-state index is 0.147. The number of carbonyl (C=O) groups is 2. The molecule has 0 saturated carbocycles. The average molecular weight is 365 g/mol. The first-order chi connectivity index (χ1) is 12.6. The van der Waals surface area contributed by atoms with Gasteiger partial charge in [-0.25, -0.2) is 4.98 Å². The lowest BCUT2D eigenvalue weighted by Crippen LogP contribution is -2.35. The molecule has 0 atom stereocenters. The summed E-state index contributed by atoms with van der Waals surface area (Å²) < 4.78 is 0.987. The first kappa shape index (κ1) is 16.7. The highest BCUT2D eigenvalue weighted by Crippen LogP contribution is 2.28. The predicted octanol–water partition coefficient (Wildman–Crippen LogP) is 4.37. The number of hydrogen-bond acceptors (Lipinski definition) is 4. The van der Waals surface area contributed by atoms with Crippen LogP contribution in [0.5, 0.6) is 0 Å². The number of benzene rings is 2. The van der Waals surface area contributed by atoms with Crippen molar-refractivity contribution in [3.8, 4) is 0 Å². The molecular weight excluding hydrogens is 346 g/mol. The second-order valence-corrected chi connectivity index (χ2v) is 7.48. The number of thiazole rings is 1. The fourth-order valence-electron chi connectivity index (χ4n) is 3.19. The normalized spacial score (nSPS) is 14.7. The monoisotopic (exact) mass is 365 g/mol. The number of carbonyl (C=O) groups excluding carboxylic acids is 2. The van der Waals surface area contributed by atoms with Crippen molar-refractivity contribution in [3.63, 3.8) is 0 Å². The summed E-state index contributed by atoms with van der Waals surface area (Å²) in [5.41, 5.74) is 3.40. The van der Waals surface area contributed by atoms with E-state index in [1.54, 1.807) is 0 Å². The third-order valence-corrected chi connectivity index (χ3v) is 5.60. The van der Waals surface area contributed by atoms with E-state index in [1.807, 2.05) is 54.3 Å². The van der Waals surface area contributed by atoms with Crippen LogP contribution in [0, 0.1) is 6.92 Å². The number of fused-ring (bicyclic) bond motifs is 1. The third-order valence-electron chi connectivity index (χ3n) is 4.57. The third kappa shape index (κ3) is 3.20. The quantitative estimate of drug-likeness (QED) is 0.749. The SMILES string of the molecule is Cc1ccc(NC(=O)c2nc3ccccc3s2)cc1N1CCCCC1=O. The van der Waals surface area contributed by atoms with Gasteiger partial charge in [0.15, 0.2) is 5.01 Å². The molecule has 1 fully saturated rings. The summed E-state index contributed by atoms with van der Waals surface area (Å²) >= 11 is 1.37. The molecule has 0 spiro atoms. The topological polar surface area (TPSA) is 62.3 Å². The summed E-state index contributed by atoms with van der Waals surface area (Å²) in [6, 6.07) is 13.4. The van der Waals surface area contributed by atoms with Crippen LogP contribution in [0.3, 0.4) is 0 Å². The highest BCUT2D eigenvalue weighted by atomic mass is 32.1. The Labute approximate surface area is 155 Å². The Morgan fingerprint density at radius 2 is 2.04 bits per heavy atom. The molecule has 132 valence electrons. The molecule has 0 radical (unpaired) electrons. The summed E-state index contributed by atoms with van der Waals surface area (Å²) in [5, 5.41) is 3.34. The van der Waals surface area contributed by atoms with Crippen LogP contribution in [0.4, 0.5) is 11.4 Å². The first-order valence-electron chi connectivity index (χ1n) is 8.70. The molecule has 4 rings (SSSR count). The summed E-state index contributed by atoms with van der Waals surface area (Å²) in [6.45, 7) is 2.71. The minimum Gasteiger partial charge on any atom is -0.320 e. The van der Waals surface area contributed by atoms with Crippen molar-refractivity contribution in [1.29, 1.82) is 0 Å². The molecule has 1 saturated heterocycles. The van der Waals surface area contributed by atoms with Gasteiger partial charge in [-0.3, -0.25) is 9.59 Å². The van der Waals surface area contributed by atoms with E-state index in [0.717, 1.165) is 40.9 Å². The van der Waals surface area contributed by atoms with Crippen LogP contribution in [-0.2, 0) is 4.79 Å². The lowest BCUT2D eigenvalue weighted by atomic mass is 10.1. The van der Waals surface area contributed by atoms with Crippen LogP contribution in [0.2, 0.25) is 0 Å². The molecule has 1 aromatic heterocycles. The van der Waals surface area contributed by atoms with Gasteiger partial charge in [0.1, 0.15) is 0 Å². The molecule has 6 heteroatoms. The molecular formula is C20H19N3O2S. The number of nitrogens with zero attached hydrogens (tertiary/aromatic N) is 2. The molecule has 2 amide bonds. The number of hydrogen-bond donors (Lipinski definition) is 1. The highest BCUT2D eigenvalue weighted by molar-refractivity contribution is 7.20. The molecule has 0 bridgehead atoms. The van der Waals surface area contributed by atoms with Crippen molar-refractivity contribution in [2.45, 2.75) is 26.2 Å². The molecule has 26 heavy (non-hydrogen) atoms. The van der Waals surface area contributed by atoms with Gasteiger partial charge in [0.05, 0.1) is 10.2 Å². The zero-order valence-electron chi connectivity index (χ0n) is 14.5. The van der Waals surface area contributed by atoms with Gasteiger partial charge >= 0.3 is 0 Å². The Kier molecular flexibility index (Phi) is 4.42. The van der Waals surface area contributed by atoms with Crippen LogP contribution in [0.15, 0.2) is 42.5 Å². The van der Waals surface area contributed by atoms with Crippen molar-refractivity contribution in [1.82, 2.24) is 4.98 Å². The lowest BCUT2D eigenvalue weighted by Gasteiger charge is -2.28. The van der Waals surface area contributed by atoms with E-state index < -0.39 is 0 Å². The summed E-state index contributed by atoms with van der Waals surface area (Å²) in [7, 11) is 0. The van der Waals surface area contributed by atoms with Crippen LogP contribution < -0.4 is 10.2 Å². The van der Waals surface area contributed by atoms with Gasteiger partial charge in [0, 0.05) is 24.3 Å². The number of nitrogens with one attached hydrogen (secondary N) is 1.